The van der Waals surface area contributed by atoms with E-state index in [4.69, 9.17) is 4.42 Å². The second-order valence-electron chi connectivity index (χ2n) is 6.06. The van der Waals surface area contributed by atoms with Crippen LogP contribution in [0.2, 0.25) is 0 Å². The highest BCUT2D eigenvalue weighted by Crippen LogP contribution is 2.22. The second-order valence-corrected chi connectivity index (χ2v) is 6.06. The molecular weight excluding hydrogens is 264 g/mol. The summed E-state index contributed by atoms with van der Waals surface area (Å²) in [5.74, 6) is 0.152. The van der Waals surface area contributed by atoms with Gasteiger partial charge in [-0.3, -0.25) is 9.69 Å². The van der Waals surface area contributed by atoms with Gasteiger partial charge < -0.3 is 9.32 Å². The zero-order valence-corrected chi connectivity index (χ0v) is 12.7. The van der Waals surface area contributed by atoms with Crippen molar-refractivity contribution in [3.63, 3.8) is 0 Å². The number of nitrogens with zero attached hydrogens (tertiary/aromatic N) is 2. The lowest BCUT2D eigenvalue weighted by atomic mass is 10.0. The van der Waals surface area contributed by atoms with Gasteiger partial charge in [0.2, 0.25) is 0 Å². The molecule has 0 amide bonds. The fourth-order valence-electron chi connectivity index (χ4n) is 3.08. The number of carbonyl (C=O) groups excluding carboxylic acids is 1. The van der Waals surface area contributed by atoms with Gasteiger partial charge in [-0.2, -0.15) is 0 Å². The van der Waals surface area contributed by atoms with Crippen molar-refractivity contribution in [1.82, 2.24) is 9.80 Å². The maximum atomic E-state index is 12.5. The van der Waals surface area contributed by atoms with E-state index < -0.39 is 0 Å². The molecule has 0 bridgehead atoms. The van der Waals surface area contributed by atoms with Crippen molar-refractivity contribution in [3.8, 4) is 0 Å². The highest BCUT2D eigenvalue weighted by Gasteiger charge is 2.24. The van der Waals surface area contributed by atoms with E-state index >= 15 is 0 Å². The number of carbonyl (C=O) groups is 1. The number of hydrogen-bond donors (Lipinski definition) is 0. The zero-order valence-electron chi connectivity index (χ0n) is 12.7. The molecule has 0 radical (unpaired) electrons. The number of benzene rings is 1. The third-order valence-electron chi connectivity index (χ3n) is 4.36. The molecule has 1 aromatic carbocycles. The Hall–Kier alpha value is -1.65. The topological polar surface area (TPSA) is 36.7 Å². The molecule has 1 aliphatic heterocycles. The highest BCUT2D eigenvalue weighted by atomic mass is 16.3. The van der Waals surface area contributed by atoms with Crippen LogP contribution in [0.25, 0.3) is 11.0 Å². The molecule has 0 spiro atoms. The van der Waals surface area contributed by atoms with Crippen molar-refractivity contribution in [2.24, 2.45) is 0 Å². The van der Waals surface area contributed by atoms with E-state index in [0.29, 0.717) is 18.2 Å². The monoisotopic (exact) mass is 286 g/mol. The quantitative estimate of drug-likeness (QED) is 0.810. The molecule has 112 valence electrons. The summed E-state index contributed by atoms with van der Waals surface area (Å²) in [6, 6.07) is 8.26. The molecule has 4 heteroatoms. The Kier molecular flexibility index (Phi) is 4.08. The Morgan fingerprint density at radius 1 is 1.38 bits per heavy atom. The minimum atomic E-state index is 0.152. The Balaban J connectivity index is 1.71. The smallest absolute Gasteiger partial charge is 0.180 e. The van der Waals surface area contributed by atoms with Crippen LogP contribution in [0.5, 0.6) is 0 Å². The summed E-state index contributed by atoms with van der Waals surface area (Å²) < 4.78 is 5.47. The minimum Gasteiger partial charge on any atom is -0.464 e. The summed E-state index contributed by atoms with van der Waals surface area (Å²) in [5.41, 5.74) is 1.49. The summed E-state index contributed by atoms with van der Waals surface area (Å²) in [6.45, 7) is 2.45. The minimum absolute atomic E-state index is 0.152. The van der Waals surface area contributed by atoms with Crippen molar-refractivity contribution in [2.75, 3.05) is 33.7 Å². The predicted molar refractivity (Wildman–Crippen MR) is 83.7 cm³/mol. The molecule has 1 saturated heterocycles. The molecule has 0 aliphatic carbocycles. The fraction of sp³-hybridized carbons (Fsp3) is 0.471. The average Bonchev–Trinajstić information content (AvgIpc) is 2.91. The van der Waals surface area contributed by atoms with Gasteiger partial charge in [-0.05, 0) is 39.5 Å². The molecule has 0 N–H and O–H groups in total. The Labute approximate surface area is 125 Å². The van der Waals surface area contributed by atoms with Gasteiger partial charge in [-0.15, -0.1) is 0 Å². The third kappa shape index (κ3) is 3.01. The third-order valence-corrected chi connectivity index (χ3v) is 4.36. The first-order chi connectivity index (χ1) is 10.1. The Morgan fingerprint density at radius 3 is 3.00 bits per heavy atom. The SMILES string of the molecule is CN(C)C1CCCN(CC(=O)c2coc3ccccc23)C1. The molecule has 3 rings (SSSR count). The van der Waals surface area contributed by atoms with E-state index in [1.165, 1.54) is 6.42 Å². The number of likely N-dealkylation sites (tertiary alicyclic amines) is 1. The van der Waals surface area contributed by atoms with Crippen LogP contribution in [0, 0.1) is 0 Å². The number of fused-ring (bicyclic) bond motifs is 1. The largest absolute Gasteiger partial charge is 0.464 e. The first-order valence-electron chi connectivity index (χ1n) is 7.53. The van der Waals surface area contributed by atoms with Gasteiger partial charge in [0.15, 0.2) is 5.78 Å². The number of ketones is 1. The maximum absolute atomic E-state index is 12.5. The normalized spacial score (nSPS) is 20.2. The highest BCUT2D eigenvalue weighted by molar-refractivity contribution is 6.08. The average molecular weight is 286 g/mol. The number of piperidine rings is 1. The lowest BCUT2D eigenvalue weighted by Crippen LogP contribution is -2.46. The Bertz CT molecular complexity index is 633. The van der Waals surface area contributed by atoms with Gasteiger partial charge in [-0.25, -0.2) is 0 Å². The number of hydrogen-bond acceptors (Lipinski definition) is 4. The molecule has 1 aromatic heterocycles. The van der Waals surface area contributed by atoms with Crippen molar-refractivity contribution in [3.05, 3.63) is 36.1 Å². The first kappa shape index (κ1) is 14.3. The Morgan fingerprint density at radius 2 is 2.19 bits per heavy atom. The van der Waals surface area contributed by atoms with Gasteiger partial charge in [0.1, 0.15) is 11.8 Å². The number of para-hydroxylation sites is 1. The summed E-state index contributed by atoms with van der Waals surface area (Å²) in [5, 5.41) is 0.920. The maximum Gasteiger partial charge on any atom is 0.180 e. The van der Waals surface area contributed by atoms with Gasteiger partial charge >= 0.3 is 0 Å². The van der Waals surface area contributed by atoms with E-state index in [0.717, 1.165) is 30.5 Å². The van der Waals surface area contributed by atoms with E-state index in [-0.39, 0.29) is 5.78 Å². The van der Waals surface area contributed by atoms with Gasteiger partial charge in [0, 0.05) is 18.0 Å². The van der Waals surface area contributed by atoms with Crippen molar-refractivity contribution < 1.29 is 9.21 Å². The molecular formula is C17H22N2O2. The van der Waals surface area contributed by atoms with Crippen molar-refractivity contribution in [2.45, 2.75) is 18.9 Å². The number of Topliss-reactive ketones (excluding diaryl/α,β-unsaturated/α-hetero) is 1. The van der Waals surface area contributed by atoms with E-state index in [2.05, 4.69) is 23.9 Å². The predicted octanol–water partition coefficient (Wildman–Crippen LogP) is 2.64. The molecule has 4 nitrogen and oxygen atoms in total. The zero-order chi connectivity index (χ0) is 14.8. The number of likely N-dealkylation sites (N-methyl/N-ethyl adjacent to an activating group) is 1. The van der Waals surface area contributed by atoms with Crippen molar-refractivity contribution in [1.29, 1.82) is 0 Å². The standard InChI is InChI=1S/C17H22N2O2/c1-18(2)13-6-5-9-19(10-13)11-16(20)15-12-21-17-8-4-3-7-14(15)17/h3-4,7-8,12-13H,5-6,9-11H2,1-2H3. The van der Waals surface area contributed by atoms with Crippen LogP contribution in [0.1, 0.15) is 23.2 Å². The molecule has 1 atom stereocenters. The first-order valence-corrected chi connectivity index (χ1v) is 7.53. The molecule has 21 heavy (non-hydrogen) atoms. The molecule has 1 unspecified atom stereocenters. The van der Waals surface area contributed by atoms with Crippen LogP contribution in [0.15, 0.2) is 34.9 Å². The molecule has 2 heterocycles. The van der Waals surface area contributed by atoms with Crippen LogP contribution < -0.4 is 0 Å². The summed E-state index contributed by atoms with van der Waals surface area (Å²) in [4.78, 5) is 17.1. The van der Waals surface area contributed by atoms with E-state index in [1.807, 2.05) is 24.3 Å². The lowest BCUT2D eigenvalue weighted by Gasteiger charge is -2.35. The summed E-state index contributed by atoms with van der Waals surface area (Å²) in [6.07, 6.45) is 3.97. The summed E-state index contributed by atoms with van der Waals surface area (Å²) in [7, 11) is 4.22. The van der Waals surface area contributed by atoms with Gasteiger partial charge in [0.05, 0.1) is 12.1 Å². The number of rotatable bonds is 4. The molecule has 0 saturated carbocycles. The van der Waals surface area contributed by atoms with Crippen LogP contribution >= 0.6 is 0 Å². The van der Waals surface area contributed by atoms with Gasteiger partial charge in [-0.1, -0.05) is 18.2 Å². The van der Waals surface area contributed by atoms with E-state index in [9.17, 15) is 4.79 Å². The lowest BCUT2D eigenvalue weighted by molar-refractivity contribution is 0.0853. The number of furan rings is 1. The van der Waals surface area contributed by atoms with Crippen LogP contribution in [-0.2, 0) is 0 Å². The van der Waals surface area contributed by atoms with Crippen LogP contribution in [0.3, 0.4) is 0 Å². The van der Waals surface area contributed by atoms with Crippen LogP contribution in [-0.4, -0.2) is 55.4 Å². The fourth-order valence-corrected chi connectivity index (χ4v) is 3.08. The van der Waals surface area contributed by atoms with Crippen molar-refractivity contribution >= 4 is 16.8 Å². The molecule has 1 aliphatic rings. The van der Waals surface area contributed by atoms with Gasteiger partial charge in [0.25, 0.3) is 0 Å². The van der Waals surface area contributed by atoms with E-state index in [1.54, 1.807) is 6.26 Å². The van der Waals surface area contributed by atoms with Crippen LogP contribution in [0.4, 0.5) is 0 Å². The summed E-state index contributed by atoms with van der Waals surface area (Å²) >= 11 is 0. The second kappa shape index (κ2) is 6.00. The molecule has 1 fully saturated rings. The molecule has 2 aromatic rings.